The van der Waals surface area contributed by atoms with Gasteiger partial charge in [-0.1, -0.05) is 36.4 Å². The standard InChI is InChI=1S/C17H19NO2/c18-11-13-5-1-3-7-16(13)20-12-14-9-10-19-17-8-4-2-6-15(14)17/h1-8,14H,9-12,18H2. The molecule has 0 spiro atoms. The normalized spacial score (nSPS) is 17.1. The number of para-hydroxylation sites is 2. The molecule has 3 nitrogen and oxygen atoms in total. The maximum absolute atomic E-state index is 5.99. The first-order valence-electron chi connectivity index (χ1n) is 7.01. The van der Waals surface area contributed by atoms with Gasteiger partial charge < -0.3 is 15.2 Å². The van der Waals surface area contributed by atoms with Gasteiger partial charge in [-0.05, 0) is 18.6 Å². The highest BCUT2D eigenvalue weighted by Gasteiger charge is 2.21. The Kier molecular flexibility index (Phi) is 3.88. The zero-order valence-electron chi connectivity index (χ0n) is 11.4. The van der Waals surface area contributed by atoms with Crippen LogP contribution in [-0.2, 0) is 6.54 Å². The van der Waals surface area contributed by atoms with E-state index in [1.54, 1.807) is 0 Å². The molecule has 2 N–H and O–H groups in total. The van der Waals surface area contributed by atoms with E-state index in [9.17, 15) is 0 Å². The van der Waals surface area contributed by atoms with Crippen LogP contribution < -0.4 is 15.2 Å². The fourth-order valence-electron chi connectivity index (χ4n) is 2.59. The molecule has 2 aromatic rings. The zero-order valence-corrected chi connectivity index (χ0v) is 11.4. The highest BCUT2D eigenvalue weighted by Crippen LogP contribution is 2.33. The Labute approximate surface area is 119 Å². The van der Waals surface area contributed by atoms with Crippen molar-refractivity contribution >= 4 is 0 Å². The molecule has 1 unspecified atom stereocenters. The largest absolute Gasteiger partial charge is 0.493 e. The summed E-state index contributed by atoms with van der Waals surface area (Å²) in [5.74, 6) is 2.25. The molecule has 0 aliphatic carbocycles. The van der Waals surface area contributed by atoms with Gasteiger partial charge in [0.15, 0.2) is 0 Å². The third-order valence-electron chi connectivity index (χ3n) is 3.72. The maximum Gasteiger partial charge on any atom is 0.123 e. The Morgan fingerprint density at radius 1 is 1.10 bits per heavy atom. The van der Waals surface area contributed by atoms with E-state index in [0.29, 0.717) is 19.1 Å². The van der Waals surface area contributed by atoms with E-state index in [2.05, 4.69) is 6.07 Å². The van der Waals surface area contributed by atoms with E-state index < -0.39 is 0 Å². The van der Waals surface area contributed by atoms with Gasteiger partial charge in [0.2, 0.25) is 0 Å². The monoisotopic (exact) mass is 269 g/mol. The van der Waals surface area contributed by atoms with Crippen LogP contribution in [0.5, 0.6) is 11.5 Å². The summed E-state index contributed by atoms with van der Waals surface area (Å²) >= 11 is 0. The Morgan fingerprint density at radius 3 is 2.80 bits per heavy atom. The molecule has 1 aliphatic heterocycles. The van der Waals surface area contributed by atoms with E-state index in [4.69, 9.17) is 15.2 Å². The van der Waals surface area contributed by atoms with Crippen molar-refractivity contribution in [2.24, 2.45) is 5.73 Å². The minimum Gasteiger partial charge on any atom is -0.493 e. The molecule has 3 heteroatoms. The number of nitrogens with two attached hydrogens (primary N) is 1. The van der Waals surface area contributed by atoms with Gasteiger partial charge >= 0.3 is 0 Å². The average Bonchev–Trinajstić information content (AvgIpc) is 2.53. The molecule has 1 aliphatic rings. The smallest absolute Gasteiger partial charge is 0.123 e. The first kappa shape index (κ1) is 13.0. The van der Waals surface area contributed by atoms with Crippen LogP contribution in [0.1, 0.15) is 23.5 Å². The third kappa shape index (κ3) is 2.63. The fourth-order valence-corrected chi connectivity index (χ4v) is 2.59. The topological polar surface area (TPSA) is 44.5 Å². The van der Waals surface area contributed by atoms with Crippen molar-refractivity contribution in [3.8, 4) is 11.5 Å². The van der Waals surface area contributed by atoms with Crippen LogP contribution in [-0.4, -0.2) is 13.2 Å². The molecule has 3 rings (SSSR count). The SMILES string of the molecule is NCc1ccccc1OCC1CCOc2ccccc21. The molecule has 1 heterocycles. The highest BCUT2D eigenvalue weighted by molar-refractivity contribution is 5.38. The Balaban J connectivity index is 1.73. The van der Waals surface area contributed by atoms with Gasteiger partial charge in [-0.3, -0.25) is 0 Å². The number of hydrogen-bond donors (Lipinski definition) is 1. The number of benzene rings is 2. The molecule has 0 fully saturated rings. The molecular formula is C17H19NO2. The minimum atomic E-state index is 0.380. The first-order chi connectivity index (χ1) is 9.88. The molecule has 1 atom stereocenters. The number of fused-ring (bicyclic) bond motifs is 1. The minimum absolute atomic E-state index is 0.380. The van der Waals surface area contributed by atoms with Gasteiger partial charge in [0, 0.05) is 23.6 Å². The van der Waals surface area contributed by atoms with Crippen LogP contribution in [0.15, 0.2) is 48.5 Å². The van der Waals surface area contributed by atoms with Crippen molar-refractivity contribution in [1.82, 2.24) is 0 Å². The third-order valence-corrected chi connectivity index (χ3v) is 3.72. The average molecular weight is 269 g/mol. The molecular weight excluding hydrogens is 250 g/mol. The Morgan fingerprint density at radius 2 is 1.90 bits per heavy atom. The van der Waals surface area contributed by atoms with Crippen molar-refractivity contribution in [2.45, 2.75) is 18.9 Å². The van der Waals surface area contributed by atoms with Crippen LogP contribution in [0.3, 0.4) is 0 Å². The quantitative estimate of drug-likeness (QED) is 0.927. The maximum atomic E-state index is 5.99. The van der Waals surface area contributed by atoms with E-state index >= 15 is 0 Å². The van der Waals surface area contributed by atoms with Crippen molar-refractivity contribution < 1.29 is 9.47 Å². The summed E-state index contributed by atoms with van der Waals surface area (Å²) in [6.07, 6.45) is 0.988. The summed E-state index contributed by atoms with van der Waals surface area (Å²) in [6, 6.07) is 16.2. The number of ether oxygens (including phenoxy) is 2. The molecule has 0 aromatic heterocycles. The lowest BCUT2D eigenvalue weighted by molar-refractivity contribution is 0.216. The summed E-state index contributed by atoms with van der Waals surface area (Å²) in [5, 5.41) is 0. The van der Waals surface area contributed by atoms with E-state index in [0.717, 1.165) is 30.1 Å². The van der Waals surface area contributed by atoms with Crippen LogP contribution in [0.25, 0.3) is 0 Å². The van der Waals surface area contributed by atoms with E-state index in [-0.39, 0.29) is 0 Å². The summed E-state index contributed by atoms with van der Waals surface area (Å²) in [5.41, 5.74) is 8.02. The lowest BCUT2D eigenvalue weighted by Crippen LogP contribution is -2.20. The second-order valence-electron chi connectivity index (χ2n) is 4.99. The lowest BCUT2D eigenvalue weighted by atomic mass is 9.94. The summed E-state index contributed by atoms with van der Waals surface area (Å²) in [7, 11) is 0. The Hall–Kier alpha value is -2.00. The van der Waals surface area contributed by atoms with Gasteiger partial charge in [0.05, 0.1) is 13.2 Å². The van der Waals surface area contributed by atoms with Crippen molar-refractivity contribution in [2.75, 3.05) is 13.2 Å². The molecule has 0 bridgehead atoms. The second kappa shape index (κ2) is 5.97. The molecule has 2 aromatic carbocycles. The van der Waals surface area contributed by atoms with Crippen LogP contribution in [0, 0.1) is 0 Å². The second-order valence-corrected chi connectivity index (χ2v) is 4.99. The van der Waals surface area contributed by atoms with Crippen molar-refractivity contribution in [3.63, 3.8) is 0 Å². The van der Waals surface area contributed by atoms with Gasteiger partial charge in [0.25, 0.3) is 0 Å². The number of rotatable bonds is 4. The molecule has 0 saturated carbocycles. The van der Waals surface area contributed by atoms with Crippen LogP contribution >= 0.6 is 0 Å². The molecule has 0 saturated heterocycles. The first-order valence-corrected chi connectivity index (χ1v) is 7.01. The molecule has 0 amide bonds. The predicted octanol–water partition coefficient (Wildman–Crippen LogP) is 3.09. The molecule has 104 valence electrons. The van der Waals surface area contributed by atoms with Crippen molar-refractivity contribution in [1.29, 1.82) is 0 Å². The number of hydrogen-bond acceptors (Lipinski definition) is 3. The van der Waals surface area contributed by atoms with E-state index in [1.165, 1.54) is 5.56 Å². The summed E-state index contributed by atoms with van der Waals surface area (Å²) in [4.78, 5) is 0. The molecule has 0 radical (unpaired) electrons. The highest BCUT2D eigenvalue weighted by atomic mass is 16.5. The predicted molar refractivity (Wildman–Crippen MR) is 79.1 cm³/mol. The van der Waals surface area contributed by atoms with Gasteiger partial charge in [-0.2, -0.15) is 0 Å². The van der Waals surface area contributed by atoms with Crippen LogP contribution in [0.2, 0.25) is 0 Å². The summed E-state index contributed by atoms with van der Waals surface area (Å²) in [6.45, 7) is 1.92. The van der Waals surface area contributed by atoms with Crippen LogP contribution in [0.4, 0.5) is 0 Å². The fraction of sp³-hybridized carbons (Fsp3) is 0.294. The van der Waals surface area contributed by atoms with Gasteiger partial charge in [-0.25, -0.2) is 0 Å². The zero-order chi connectivity index (χ0) is 13.8. The van der Waals surface area contributed by atoms with Gasteiger partial charge in [-0.15, -0.1) is 0 Å². The molecule has 20 heavy (non-hydrogen) atoms. The lowest BCUT2D eigenvalue weighted by Gasteiger charge is -2.26. The van der Waals surface area contributed by atoms with Gasteiger partial charge in [0.1, 0.15) is 11.5 Å². The van der Waals surface area contributed by atoms with Crippen molar-refractivity contribution in [3.05, 3.63) is 59.7 Å². The van der Waals surface area contributed by atoms with E-state index in [1.807, 2.05) is 42.5 Å². The summed E-state index contributed by atoms with van der Waals surface area (Å²) < 4.78 is 11.7. The Bertz CT molecular complexity index is 583.